The topological polar surface area (TPSA) is 95.8 Å². The highest BCUT2D eigenvalue weighted by molar-refractivity contribution is 6.07. The molecular weight excluding hydrogens is 349 g/mol. The summed E-state index contributed by atoms with van der Waals surface area (Å²) < 4.78 is 15.7. The first-order valence-corrected chi connectivity index (χ1v) is 8.60. The molecule has 7 nitrogen and oxygen atoms in total. The molecule has 0 aliphatic rings. The number of aryl methyl sites for hydroxylation is 1. The number of aromatic amines is 1. The molecule has 0 atom stereocenters. The van der Waals surface area contributed by atoms with Gasteiger partial charge >= 0.3 is 0 Å². The molecule has 0 bridgehead atoms. The second-order valence-electron chi connectivity index (χ2n) is 6.26. The molecule has 0 radical (unpaired) electrons. The average molecular weight is 367 g/mol. The van der Waals surface area contributed by atoms with E-state index in [0.717, 1.165) is 27.6 Å². The van der Waals surface area contributed by atoms with Crippen LogP contribution in [-0.4, -0.2) is 43.9 Å². The maximum absolute atomic E-state index is 13.7. The third-order valence-electron chi connectivity index (χ3n) is 4.48. The standard InChI is InChI=1S/C19H18FN5O2/c1-11-15(6-4-14(23-11)19(27)21-7-2-8-26)25-16-5-3-12(20)9-13(16)18-17(25)10-22-24-18/h3-6,9-10,26H,2,7-8H2,1H3,(H,21,27)(H,22,24). The summed E-state index contributed by atoms with van der Waals surface area (Å²) in [5.41, 5.74) is 4.13. The Morgan fingerprint density at radius 2 is 2.15 bits per heavy atom. The van der Waals surface area contributed by atoms with Crippen LogP contribution in [0.25, 0.3) is 27.6 Å². The lowest BCUT2D eigenvalue weighted by molar-refractivity contribution is 0.0946. The van der Waals surface area contributed by atoms with Crippen molar-refractivity contribution >= 4 is 27.8 Å². The summed E-state index contributed by atoms with van der Waals surface area (Å²) in [7, 11) is 0. The quantitative estimate of drug-likeness (QED) is 0.472. The highest BCUT2D eigenvalue weighted by Crippen LogP contribution is 2.31. The SMILES string of the molecule is Cc1nc(C(=O)NCCCO)ccc1-n1c2ccc(F)cc2c2[nH]ncc21. The van der Waals surface area contributed by atoms with Gasteiger partial charge in [0.05, 0.1) is 34.1 Å². The van der Waals surface area contributed by atoms with Gasteiger partial charge in [-0.15, -0.1) is 0 Å². The van der Waals surface area contributed by atoms with Crippen LogP contribution >= 0.6 is 0 Å². The van der Waals surface area contributed by atoms with Gasteiger partial charge in [-0.2, -0.15) is 5.10 Å². The van der Waals surface area contributed by atoms with E-state index in [2.05, 4.69) is 20.5 Å². The molecular formula is C19H18FN5O2. The third kappa shape index (κ3) is 2.93. The summed E-state index contributed by atoms with van der Waals surface area (Å²) in [6.07, 6.45) is 2.18. The monoisotopic (exact) mass is 367 g/mol. The van der Waals surface area contributed by atoms with Crippen LogP contribution in [0.5, 0.6) is 0 Å². The van der Waals surface area contributed by atoms with Crippen LogP contribution in [-0.2, 0) is 0 Å². The van der Waals surface area contributed by atoms with Crippen molar-refractivity contribution in [3.05, 3.63) is 53.7 Å². The summed E-state index contributed by atoms with van der Waals surface area (Å²) >= 11 is 0. The normalized spacial score (nSPS) is 11.4. The minimum Gasteiger partial charge on any atom is -0.396 e. The molecule has 0 aliphatic carbocycles. The Morgan fingerprint density at radius 1 is 1.30 bits per heavy atom. The van der Waals surface area contributed by atoms with Gasteiger partial charge in [0.15, 0.2) is 0 Å². The van der Waals surface area contributed by atoms with Crippen molar-refractivity contribution < 1.29 is 14.3 Å². The molecule has 0 aliphatic heterocycles. The van der Waals surface area contributed by atoms with Crippen molar-refractivity contribution in [3.63, 3.8) is 0 Å². The zero-order chi connectivity index (χ0) is 19.0. The fourth-order valence-electron chi connectivity index (χ4n) is 3.23. The number of halogens is 1. The summed E-state index contributed by atoms with van der Waals surface area (Å²) in [4.78, 5) is 16.6. The van der Waals surface area contributed by atoms with E-state index in [1.54, 1.807) is 18.3 Å². The van der Waals surface area contributed by atoms with Crippen molar-refractivity contribution in [2.75, 3.05) is 13.2 Å². The molecule has 0 saturated heterocycles. The third-order valence-corrected chi connectivity index (χ3v) is 4.48. The molecule has 0 fully saturated rings. The van der Waals surface area contributed by atoms with Gasteiger partial charge in [-0.3, -0.25) is 9.89 Å². The summed E-state index contributed by atoms with van der Waals surface area (Å²) in [6, 6.07) is 8.07. The molecule has 27 heavy (non-hydrogen) atoms. The second kappa shape index (κ2) is 6.81. The van der Waals surface area contributed by atoms with Crippen LogP contribution in [0.1, 0.15) is 22.6 Å². The number of aromatic nitrogens is 4. The number of aliphatic hydroxyl groups is 1. The number of pyridine rings is 1. The van der Waals surface area contributed by atoms with E-state index in [4.69, 9.17) is 5.11 Å². The van der Waals surface area contributed by atoms with Crippen molar-refractivity contribution in [3.8, 4) is 5.69 Å². The molecule has 4 aromatic rings. The molecule has 8 heteroatoms. The number of amides is 1. The Balaban J connectivity index is 1.79. The fraction of sp³-hybridized carbons (Fsp3) is 0.211. The minimum absolute atomic E-state index is 0.0215. The first kappa shape index (κ1) is 17.2. The maximum atomic E-state index is 13.7. The van der Waals surface area contributed by atoms with Crippen molar-refractivity contribution in [2.24, 2.45) is 0 Å². The van der Waals surface area contributed by atoms with Crippen molar-refractivity contribution in [2.45, 2.75) is 13.3 Å². The lowest BCUT2D eigenvalue weighted by Gasteiger charge is -2.11. The van der Waals surface area contributed by atoms with Gasteiger partial charge in [0.2, 0.25) is 0 Å². The van der Waals surface area contributed by atoms with Gasteiger partial charge < -0.3 is 15.0 Å². The molecule has 3 aromatic heterocycles. The van der Waals surface area contributed by atoms with E-state index < -0.39 is 0 Å². The first-order valence-electron chi connectivity index (χ1n) is 8.60. The molecule has 1 amide bonds. The van der Waals surface area contributed by atoms with E-state index in [-0.39, 0.29) is 18.3 Å². The molecule has 3 N–H and O–H groups in total. The summed E-state index contributed by atoms with van der Waals surface area (Å²) in [5.74, 6) is -0.605. The molecule has 3 heterocycles. The van der Waals surface area contributed by atoms with Crippen LogP contribution in [0, 0.1) is 12.7 Å². The van der Waals surface area contributed by atoms with Crippen LogP contribution < -0.4 is 5.32 Å². The Morgan fingerprint density at radius 3 is 2.93 bits per heavy atom. The number of nitrogens with one attached hydrogen (secondary N) is 2. The fourth-order valence-corrected chi connectivity index (χ4v) is 3.23. The van der Waals surface area contributed by atoms with Crippen LogP contribution in [0.2, 0.25) is 0 Å². The number of hydrogen-bond donors (Lipinski definition) is 3. The van der Waals surface area contributed by atoms with E-state index in [9.17, 15) is 9.18 Å². The number of H-pyrrole nitrogens is 1. The molecule has 1 aromatic carbocycles. The van der Waals surface area contributed by atoms with E-state index >= 15 is 0 Å². The predicted octanol–water partition coefficient (Wildman–Crippen LogP) is 2.46. The van der Waals surface area contributed by atoms with Crippen molar-refractivity contribution in [1.82, 2.24) is 25.1 Å². The molecule has 138 valence electrons. The Hall–Kier alpha value is -3.26. The highest BCUT2D eigenvalue weighted by atomic mass is 19.1. The smallest absolute Gasteiger partial charge is 0.269 e. The minimum atomic E-state index is -0.319. The van der Waals surface area contributed by atoms with Crippen LogP contribution in [0.3, 0.4) is 0 Å². The van der Waals surface area contributed by atoms with Gasteiger partial charge in [-0.25, -0.2) is 9.37 Å². The number of carbonyl (C=O) groups excluding carboxylic acids is 1. The highest BCUT2D eigenvalue weighted by Gasteiger charge is 2.17. The van der Waals surface area contributed by atoms with E-state index in [1.165, 1.54) is 12.1 Å². The zero-order valence-electron chi connectivity index (χ0n) is 14.7. The van der Waals surface area contributed by atoms with Gasteiger partial charge in [-0.1, -0.05) is 0 Å². The zero-order valence-corrected chi connectivity index (χ0v) is 14.7. The molecule has 0 unspecified atom stereocenters. The molecule has 0 spiro atoms. The Kier molecular flexibility index (Phi) is 4.33. The van der Waals surface area contributed by atoms with Gasteiger partial charge in [0.1, 0.15) is 11.5 Å². The lowest BCUT2D eigenvalue weighted by Crippen LogP contribution is -2.26. The maximum Gasteiger partial charge on any atom is 0.269 e. The predicted molar refractivity (Wildman–Crippen MR) is 99.5 cm³/mol. The van der Waals surface area contributed by atoms with Gasteiger partial charge in [0.25, 0.3) is 5.91 Å². The largest absolute Gasteiger partial charge is 0.396 e. The number of aliphatic hydroxyl groups excluding tert-OH is 1. The number of carbonyl (C=O) groups is 1. The van der Waals surface area contributed by atoms with Gasteiger partial charge in [0, 0.05) is 18.5 Å². The number of nitrogens with zero attached hydrogens (tertiary/aromatic N) is 3. The number of benzene rings is 1. The summed E-state index contributed by atoms with van der Waals surface area (Å²) in [5, 5.41) is 19.2. The van der Waals surface area contributed by atoms with Crippen molar-refractivity contribution in [1.29, 1.82) is 0 Å². The number of rotatable bonds is 5. The molecule has 4 rings (SSSR count). The lowest BCUT2D eigenvalue weighted by atomic mass is 10.2. The Bertz CT molecular complexity index is 1150. The Labute approximate surface area is 153 Å². The van der Waals surface area contributed by atoms with E-state index in [1.807, 2.05) is 17.6 Å². The van der Waals surface area contributed by atoms with Crippen LogP contribution in [0.15, 0.2) is 36.5 Å². The first-order chi connectivity index (χ1) is 13.1. The molecule has 0 saturated carbocycles. The van der Waals surface area contributed by atoms with E-state index in [0.29, 0.717) is 24.4 Å². The van der Waals surface area contributed by atoms with Gasteiger partial charge in [-0.05, 0) is 43.7 Å². The average Bonchev–Trinajstić information content (AvgIpc) is 3.23. The van der Waals surface area contributed by atoms with Crippen LogP contribution in [0.4, 0.5) is 4.39 Å². The number of hydrogen-bond acceptors (Lipinski definition) is 4. The second-order valence-corrected chi connectivity index (χ2v) is 6.26. The summed E-state index contributed by atoms with van der Waals surface area (Å²) in [6.45, 7) is 2.23. The number of fused-ring (bicyclic) bond motifs is 3.